The van der Waals surface area contributed by atoms with Crippen molar-refractivity contribution in [3.8, 4) is 35.5 Å². The lowest BCUT2D eigenvalue weighted by Gasteiger charge is -2.23. The van der Waals surface area contributed by atoms with Crippen molar-refractivity contribution in [2.75, 3.05) is 0 Å². The normalized spacial score (nSPS) is 11.6. The molecule has 0 nitrogen and oxygen atoms in total. The largest absolute Gasteiger partial charge is 0.0616 e. The van der Waals surface area contributed by atoms with Gasteiger partial charge in [0.2, 0.25) is 0 Å². The molecule has 0 atom stereocenters. The maximum atomic E-state index is 3.93. The summed E-state index contributed by atoms with van der Waals surface area (Å²) in [4.78, 5) is 0. The van der Waals surface area contributed by atoms with Crippen molar-refractivity contribution in [2.45, 2.75) is 139 Å². The first kappa shape index (κ1) is 58.8. The molecule has 0 spiro atoms. The minimum atomic E-state index is 0.0929. The molecule has 7 rings (SSSR count). The van der Waals surface area contributed by atoms with Crippen molar-refractivity contribution < 1.29 is 0 Å². The monoisotopic (exact) mass is 1370 g/mol. The number of hydrogen-bond acceptors (Lipinski definition) is 0. The van der Waals surface area contributed by atoms with Gasteiger partial charge in [0.05, 0.1) is 0 Å². The van der Waals surface area contributed by atoms with Gasteiger partial charge in [0.1, 0.15) is 0 Å². The van der Waals surface area contributed by atoms with Crippen LogP contribution in [0.5, 0.6) is 0 Å². The molecule has 0 N–H and O–H groups in total. The zero-order chi connectivity index (χ0) is 55.1. The van der Waals surface area contributed by atoms with Crippen molar-refractivity contribution in [2.24, 2.45) is 0 Å². The molecule has 7 aromatic rings. The van der Waals surface area contributed by atoms with Crippen molar-refractivity contribution in [1.82, 2.24) is 0 Å². The van der Waals surface area contributed by atoms with Gasteiger partial charge in [0.15, 0.2) is 0 Å². The van der Waals surface area contributed by atoms with Gasteiger partial charge in [0, 0.05) is 79.5 Å². The van der Waals surface area contributed by atoms with Crippen LogP contribution in [-0.2, 0) is 35.5 Å². The van der Waals surface area contributed by atoms with Crippen LogP contribution in [0.2, 0.25) is 0 Å². The van der Waals surface area contributed by atoms with Crippen LogP contribution in [0.4, 0.5) is 0 Å². The molecular weight excluding hydrogens is 1310 g/mol. The maximum absolute atomic E-state index is 3.93. The fraction of sp³-hybridized carbons (Fsp3) is 0.304. The standard InChI is InChI=1S/C69H66Br6/c1-40-22-52(67(7,8)9)23-41(2)55(40)37-58-61(70)31-49(32-62(58)71)19-16-46-28-47(17-20-50-33-63(72)59(64(73)34-50)38-56-42(3)24-53(25-43(56)4)68(10,11)12)30-48(29-46)18-21-51-35-65(74)60(66(75)36-51)39-57-44(5)26-54(27-45(57)6)69(13,14)15/h22-36H,37-39H2,1-15H3. The molecule has 0 aliphatic heterocycles. The van der Waals surface area contributed by atoms with Crippen LogP contribution in [0.1, 0.15) is 179 Å². The lowest BCUT2D eigenvalue weighted by molar-refractivity contribution is 0.588. The van der Waals surface area contributed by atoms with Crippen LogP contribution in [0, 0.1) is 77.1 Å². The fourth-order valence-electron chi connectivity index (χ4n) is 9.46. The first-order chi connectivity index (χ1) is 34.9. The molecule has 0 saturated carbocycles. The summed E-state index contributed by atoms with van der Waals surface area (Å²) in [6.07, 6.45) is 2.42. The molecule has 384 valence electrons. The summed E-state index contributed by atoms with van der Waals surface area (Å²) < 4.78 is 6.11. The smallest absolute Gasteiger partial charge is 0.0273 e. The van der Waals surface area contributed by atoms with E-state index in [-0.39, 0.29) is 16.2 Å². The summed E-state index contributed by atoms with van der Waals surface area (Å²) in [5.41, 5.74) is 25.0. The van der Waals surface area contributed by atoms with E-state index < -0.39 is 0 Å². The summed E-state index contributed by atoms with van der Waals surface area (Å²) in [5, 5.41) is 0. The Morgan fingerprint density at radius 1 is 0.253 bits per heavy atom. The van der Waals surface area contributed by atoms with Crippen LogP contribution >= 0.6 is 95.6 Å². The second kappa shape index (κ2) is 23.6. The first-order valence-corrected chi connectivity index (χ1v) is 30.2. The molecule has 0 unspecified atom stereocenters. The van der Waals surface area contributed by atoms with Gasteiger partial charge >= 0.3 is 0 Å². The van der Waals surface area contributed by atoms with Gasteiger partial charge in [-0.2, -0.15) is 0 Å². The van der Waals surface area contributed by atoms with Crippen molar-refractivity contribution >= 4 is 95.6 Å². The molecule has 0 radical (unpaired) electrons. The van der Waals surface area contributed by atoms with E-state index in [1.807, 2.05) is 0 Å². The molecule has 7 aromatic carbocycles. The fourth-order valence-corrected chi connectivity index (χ4v) is 13.9. The van der Waals surface area contributed by atoms with Gasteiger partial charge in [-0.3, -0.25) is 0 Å². The highest BCUT2D eigenvalue weighted by Crippen LogP contribution is 2.37. The molecule has 0 aliphatic rings. The molecular formula is C69H66Br6. The molecule has 0 aromatic heterocycles. The third kappa shape index (κ3) is 14.6. The van der Waals surface area contributed by atoms with Gasteiger partial charge in [-0.05, 0) is 196 Å². The highest BCUT2D eigenvalue weighted by atomic mass is 79.9. The lowest BCUT2D eigenvalue weighted by atomic mass is 9.83. The van der Waals surface area contributed by atoms with E-state index in [2.05, 4.69) is 326 Å². The number of halogens is 6. The number of hydrogen-bond donors (Lipinski definition) is 0. The van der Waals surface area contributed by atoms with Crippen molar-refractivity contribution in [3.05, 3.63) is 235 Å². The Kier molecular flexibility index (Phi) is 18.5. The minimum absolute atomic E-state index is 0.0929. The lowest BCUT2D eigenvalue weighted by Crippen LogP contribution is -2.12. The van der Waals surface area contributed by atoms with Crippen LogP contribution in [0.15, 0.2) is 118 Å². The van der Waals surface area contributed by atoms with E-state index in [1.165, 1.54) is 83.5 Å². The predicted octanol–water partition coefficient (Wildman–Crippen LogP) is 21.0. The Bertz CT molecular complexity index is 3070. The van der Waals surface area contributed by atoms with E-state index >= 15 is 0 Å². The quantitative estimate of drug-likeness (QED) is 0.146. The van der Waals surface area contributed by atoms with Gasteiger partial charge in [-0.15, -0.1) is 0 Å². The predicted molar refractivity (Wildman–Crippen MR) is 342 cm³/mol. The van der Waals surface area contributed by atoms with E-state index in [0.717, 1.165) is 79.5 Å². The Labute approximate surface area is 500 Å². The Morgan fingerprint density at radius 2 is 0.413 bits per heavy atom. The third-order valence-electron chi connectivity index (χ3n) is 14.2. The SMILES string of the molecule is Cc1cc(C(C)(C)C)cc(C)c1Cc1c(Br)cc(C#Cc2cc(C#Cc3cc(Br)c(Cc4c(C)cc(C(C)(C)C)cc4C)c(Br)c3)cc(C#Cc3cc(Br)c(Cc4c(C)cc(C(C)(C)C)cc4C)c(Br)c3)c2)cc1Br. The summed E-state index contributed by atoms with van der Waals surface area (Å²) in [7, 11) is 0. The average Bonchev–Trinajstić information content (AvgIpc) is 3.29. The number of aryl methyl sites for hydroxylation is 6. The molecule has 0 fully saturated rings. The molecule has 0 saturated heterocycles. The van der Waals surface area contributed by atoms with Crippen LogP contribution in [0.3, 0.4) is 0 Å². The maximum Gasteiger partial charge on any atom is 0.0273 e. The highest BCUT2D eigenvalue weighted by molar-refractivity contribution is 9.11. The zero-order valence-electron chi connectivity index (χ0n) is 46.0. The summed E-state index contributed by atoms with van der Waals surface area (Å²) in [5.74, 6) is 20.9. The van der Waals surface area contributed by atoms with Crippen molar-refractivity contribution in [3.63, 3.8) is 0 Å². The Hall–Kier alpha value is -3.90. The van der Waals surface area contributed by atoms with Gasteiger partial charge < -0.3 is 0 Å². The summed E-state index contributed by atoms with van der Waals surface area (Å²) in [6.45, 7) is 33.8. The summed E-state index contributed by atoms with van der Waals surface area (Å²) >= 11 is 23.6. The Balaban J connectivity index is 1.23. The zero-order valence-corrected chi connectivity index (χ0v) is 55.6. The molecule has 0 amide bonds. The van der Waals surface area contributed by atoms with Gasteiger partial charge in [-0.25, -0.2) is 0 Å². The van der Waals surface area contributed by atoms with Gasteiger partial charge in [0.25, 0.3) is 0 Å². The number of benzene rings is 7. The molecule has 0 heterocycles. The van der Waals surface area contributed by atoms with Crippen LogP contribution in [-0.4, -0.2) is 0 Å². The van der Waals surface area contributed by atoms with E-state index in [0.29, 0.717) is 0 Å². The molecule has 6 heteroatoms. The van der Waals surface area contributed by atoms with E-state index in [4.69, 9.17) is 0 Å². The average molecular weight is 1370 g/mol. The van der Waals surface area contributed by atoms with Crippen LogP contribution < -0.4 is 0 Å². The second-order valence-electron chi connectivity index (χ2n) is 23.4. The first-order valence-electron chi connectivity index (χ1n) is 25.4. The van der Waals surface area contributed by atoms with E-state index in [9.17, 15) is 0 Å². The van der Waals surface area contributed by atoms with Gasteiger partial charge in [-0.1, -0.05) is 230 Å². The minimum Gasteiger partial charge on any atom is -0.0616 e. The second-order valence-corrected chi connectivity index (χ2v) is 28.5. The molecule has 75 heavy (non-hydrogen) atoms. The summed E-state index contributed by atoms with van der Waals surface area (Å²) in [6, 6.07) is 33.0. The van der Waals surface area contributed by atoms with Crippen molar-refractivity contribution in [1.29, 1.82) is 0 Å². The van der Waals surface area contributed by atoms with Crippen LogP contribution in [0.25, 0.3) is 0 Å². The van der Waals surface area contributed by atoms with E-state index in [1.54, 1.807) is 0 Å². The molecule has 0 aliphatic carbocycles. The third-order valence-corrected chi connectivity index (χ3v) is 18.4. The Morgan fingerprint density at radius 3 is 0.573 bits per heavy atom. The number of rotatable bonds is 6. The molecule has 0 bridgehead atoms. The highest BCUT2D eigenvalue weighted by Gasteiger charge is 2.21. The topological polar surface area (TPSA) is 0 Å².